The number of hydrogen-bond acceptors (Lipinski definition) is 6. The van der Waals surface area contributed by atoms with Crippen LogP contribution in [0.15, 0.2) is 59.1 Å². The minimum atomic E-state index is -0.619. The summed E-state index contributed by atoms with van der Waals surface area (Å²) in [6.07, 6.45) is 1.23. The summed E-state index contributed by atoms with van der Waals surface area (Å²) in [5.41, 5.74) is 1.53. The van der Waals surface area contributed by atoms with Gasteiger partial charge in [-0.3, -0.25) is 0 Å². The van der Waals surface area contributed by atoms with Gasteiger partial charge < -0.3 is 14.0 Å². The molecule has 138 valence electrons. The fourth-order valence-corrected chi connectivity index (χ4v) is 2.38. The Morgan fingerprint density at radius 1 is 1.19 bits per heavy atom. The number of carbonyl (C=O) groups is 1. The Kier molecular flexibility index (Phi) is 5.61. The van der Waals surface area contributed by atoms with Crippen molar-refractivity contribution in [3.8, 4) is 17.2 Å². The van der Waals surface area contributed by atoms with Crippen molar-refractivity contribution in [2.24, 2.45) is 0 Å². The van der Waals surface area contributed by atoms with Gasteiger partial charge in [0.1, 0.15) is 11.6 Å². The van der Waals surface area contributed by atoms with E-state index in [1.807, 2.05) is 0 Å². The van der Waals surface area contributed by atoms with Gasteiger partial charge in [-0.2, -0.15) is 4.98 Å². The third-order valence-corrected chi connectivity index (χ3v) is 3.78. The number of methoxy groups -OCH3 is 1. The van der Waals surface area contributed by atoms with Crippen LogP contribution in [0.25, 0.3) is 17.0 Å². The van der Waals surface area contributed by atoms with E-state index in [-0.39, 0.29) is 12.4 Å². The molecule has 7 heteroatoms. The van der Waals surface area contributed by atoms with Crippen LogP contribution in [0.4, 0.5) is 4.39 Å². The van der Waals surface area contributed by atoms with Crippen molar-refractivity contribution in [2.75, 3.05) is 7.11 Å². The first-order chi connectivity index (χ1) is 13.1. The molecule has 0 bridgehead atoms. The molecule has 6 nitrogen and oxygen atoms in total. The Morgan fingerprint density at radius 2 is 1.93 bits per heavy atom. The molecule has 0 aliphatic heterocycles. The zero-order valence-electron chi connectivity index (χ0n) is 14.8. The molecule has 0 fully saturated rings. The first kappa shape index (κ1) is 18.3. The molecule has 1 aromatic heterocycles. The van der Waals surface area contributed by atoms with Crippen LogP contribution in [0.3, 0.4) is 0 Å². The van der Waals surface area contributed by atoms with E-state index < -0.39 is 11.8 Å². The second-order valence-electron chi connectivity index (χ2n) is 5.66. The standard InChI is InChI=1S/C20H17FN2O4/c1-13(16-5-3-4-6-17(16)21)11-19(24)26-12-18-22-20(27-23-18)14-7-9-15(25-2)10-8-14/h3-11H,12H2,1-2H3/b13-11-. The Morgan fingerprint density at radius 3 is 2.63 bits per heavy atom. The first-order valence-corrected chi connectivity index (χ1v) is 8.14. The summed E-state index contributed by atoms with van der Waals surface area (Å²) >= 11 is 0. The van der Waals surface area contributed by atoms with Crippen LogP contribution >= 0.6 is 0 Å². The van der Waals surface area contributed by atoms with Crippen molar-refractivity contribution >= 4 is 11.5 Å². The normalized spacial score (nSPS) is 11.3. The molecule has 0 radical (unpaired) electrons. The third-order valence-electron chi connectivity index (χ3n) is 3.78. The van der Waals surface area contributed by atoms with Crippen LogP contribution in [0, 0.1) is 5.82 Å². The second-order valence-corrected chi connectivity index (χ2v) is 5.66. The molecule has 0 amide bonds. The number of ether oxygens (including phenoxy) is 2. The summed E-state index contributed by atoms with van der Waals surface area (Å²) in [7, 11) is 1.58. The fraction of sp³-hybridized carbons (Fsp3) is 0.150. The molecule has 3 aromatic rings. The Labute approximate surface area is 155 Å². The number of allylic oxidation sites excluding steroid dienone is 1. The summed E-state index contributed by atoms with van der Waals surface area (Å²) in [6, 6.07) is 13.3. The smallest absolute Gasteiger partial charge is 0.331 e. The number of rotatable bonds is 6. The molecule has 27 heavy (non-hydrogen) atoms. The molecule has 0 N–H and O–H groups in total. The molecule has 0 saturated carbocycles. The predicted octanol–water partition coefficient (Wildman–Crippen LogP) is 4.03. The van der Waals surface area contributed by atoms with Crippen LogP contribution in [0.5, 0.6) is 5.75 Å². The minimum absolute atomic E-state index is 0.153. The van der Waals surface area contributed by atoms with E-state index in [0.29, 0.717) is 22.8 Å². The Bertz CT molecular complexity index is 964. The lowest BCUT2D eigenvalue weighted by molar-refractivity contribution is -0.139. The predicted molar refractivity (Wildman–Crippen MR) is 96.1 cm³/mol. The summed E-state index contributed by atoms with van der Waals surface area (Å²) in [5.74, 6) is 0.227. The maximum absolute atomic E-state index is 13.7. The fourth-order valence-electron chi connectivity index (χ4n) is 2.38. The third kappa shape index (κ3) is 4.58. The lowest BCUT2D eigenvalue weighted by Gasteiger charge is -2.03. The van der Waals surface area contributed by atoms with Gasteiger partial charge in [0, 0.05) is 17.2 Å². The molecule has 3 rings (SSSR count). The number of halogens is 1. The SMILES string of the molecule is COc1ccc(-c2nc(COC(=O)/C=C(/C)c3ccccc3F)no2)cc1. The van der Waals surface area contributed by atoms with Gasteiger partial charge in [0.2, 0.25) is 5.82 Å². The molecule has 2 aromatic carbocycles. The van der Waals surface area contributed by atoms with Gasteiger partial charge in [-0.25, -0.2) is 9.18 Å². The molecule has 1 heterocycles. The Balaban J connectivity index is 1.61. The first-order valence-electron chi connectivity index (χ1n) is 8.14. The zero-order chi connectivity index (χ0) is 19.2. The zero-order valence-corrected chi connectivity index (χ0v) is 14.8. The van der Waals surface area contributed by atoms with Crippen molar-refractivity contribution in [1.82, 2.24) is 10.1 Å². The maximum Gasteiger partial charge on any atom is 0.331 e. The number of esters is 1. The summed E-state index contributed by atoms with van der Waals surface area (Å²) in [5, 5.41) is 3.78. The topological polar surface area (TPSA) is 74.5 Å². The van der Waals surface area contributed by atoms with Gasteiger partial charge in [-0.1, -0.05) is 23.4 Å². The highest BCUT2D eigenvalue weighted by Gasteiger charge is 2.11. The summed E-state index contributed by atoms with van der Waals surface area (Å²) in [6.45, 7) is 1.48. The monoisotopic (exact) mass is 368 g/mol. The van der Waals surface area contributed by atoms with E-state index in [0.717, 1.165) is 5.56 Å². The molecule has 0 aliphatic rings. The van der Waals surface area contributed by atoms with Gasteiger partial charge >= 0.3 is 5.97 Å². The highest BCUT2D eigenvalue weighted by Crippen LogP contribution is 2.21. The number of hydrogen-bond donors (Lipinski definition) is 0. The van der Waals surface area contributed by atoms with E-state index in [9.17, 15) is 9.18 Å². The van der Waals surface area contributed by atoms with Gasteiger partial charge in [0.25, 0.3) is 5.89 Å². The molecular formula is C20H17FN2O4. The lowest BCUT2D eigenvalue weighted by atomic mass is 10.1. The van der Waals surface area contributed by atoms with Crippen molar-refractivity contribution < 1.29 is 23.2 Å². The largest absolute Gasteiger partial charge is 0.497 e. The molecular weight excluding hydrogens is 351 g/mol. The highest BCUT2D eigenvalue weighted by molar-refractivity contribution is 5.90. The van der Waals surface area contributed by atoms with E-state index in [1.54, 1.807) is 56.5 Å². The minimum Gasteiger partial charge on any atom is -0.497 e. The quantitative estimate of drug-likeness (QED) is 0.483. The van der Waals surface area contributed by atoms with Crippen LogP contribution < -0.4 is 4.74 Å². The van der Waals surface area contributed by atoms with Gasteiger partial charge in [-0.15, -0.1) is 0 Å². The van der Waals surface area contributed by atoms with Gasteiger partial charge in [0.15, 0.2) is 6.61 Å². The molecule has 0 spiro atoms. The van der Waals surface area contributed by atoms with E-state index in [4.69, 9.17) is 14.0 Å². The van der Waals surface area contributed by atoms with Crippen LogP contribution in [-0.4, -0.2) is 23.2 Å². The van der Waals surface area contributed by atoms with Gasteiger partial charge in [0.05, 0.1) is 7.11 Å². The lowest BCUT2D eigenvalue weighted by Crippen LogP contribution is -2.03. The van der Waals surface area contributed by atoms with Crippen molar-refractivity contribution in [2.45, 2.75) is 13.5 Å². The van der Waals surface area contributed by atoms with Crippen LogP contribution in [-0.2, 0) is 16.1 Å². The van der Waals surface area contributed by atoms with Crippen LogP contribution in [0.1, 0.15) is 18.3 Å². The van der Waals surface area contributed by atoms with Crippen LogP contribution in [0.2, 0.25) is 0 Å². The Hall–Kier alpha value is -3.48. The number of carbonyl (C=O) groups excluding carboxylic acids is 1. The summed E-state index contributed by atoms with van der Waals surface area (Å²) < 4.78 is 29.1. The average molecular weight is 368 g/mol. The van der Waals surface area contributed by atoms with Crippen molar-refractivity contribution in [3.63, 3.8) is 0 Å². The number of aromatic nitrogens is 2. The second kappa shape index (κ2) is 8.27. The maximum atomic E-state index is 13.7. The molecule has 0 unspecified atom stereocenters. The highest BCUT2D eigenvalue weighted by atomic mass is 19.1. The average Bonchev–Trinajstić information content (AvgIpc) is 3.16. The van der Waals surface area contributed by atoms with Gasteiger partial charge in [-0.05, 0) is 42.8 Å². The molecule has 0 saturated heterocycles. The molecule has 0 aliphatic carbocycles. The molecule has 0 atom stereocenters. The summed E-state index contributed by atoms with van der Waals surface area (Å²) in [4.78, 5) is 16.1. The van der Waals surface area contributed by atoms with E-state index in [2.05, 4.69) is 10.1 Å². The number of benzene rings is 2. The number of nitrogens with zero attached hydrogens (tertiary/aromatic N) is 2. The van der Waals surface area contributed by atoms with E-state index >= 15 is 0 Å². The van der Waals surface area contributed by atoms with E-state index in [1.165, 1.54) is 12.1 Å². The van der Waals surface area contributed by atoms with Crippen molar-refractivity contribution in [3.05, 3.63) is 71.8 Å². The van der Waals surface area contributed by atoms with Crippen molar-refractivity contribution in [1.29, 1.82) is 0 Å².